The predicted molar refractivity (Wildman–Crippen MR) is 114 cm³/mol. The van der Waals surface area contributed by atoms with Gasteiger partial charge >= 0.3 is 0 Å². The molecule has 1 spiro atoms. The van der Waals surface area contributed by atoms with E-state index in [1.54, 1.807) is 72.8 Å². The maximum absolute atomic E-state index is 14.0. The van der Waals surface area contributed by atoms with Gasteiger partial charge in [0.25, 0.3) is 0 Å². The highest BCUT2D eigenvalue weighted by Crippen LogP contribution is 2.60. The van der Waals surface area contributed by atoms with Crippen LogP contribution in [0.2, 0.25) is 0 Å². The van der Waals surface area contributed by atoms with E-state index in [-0.39, 0.29) is 17.3 Å². The van der Waals surface area contributed by atoms with Crippen molar-refractivity contribution >= 4 is 22.9 Å². The van der Waals surface area contributed by atoms with E-state index in [2.05, 4.69) is 0 Å². The Balaban J connectivity index is 1.70. The van der Waals surface area contributed by atoms with E-state index in [0.717, 1.165) is 0 Å². The van der Waals surface area contributed by atoms with Gasteiger partial charge in [0.05, 0.1) is 0 Å². The Morgan fingerprint density at radius 2 is 1.23 bits per heavy atom. The van der Waals surface area contributed by atoms with Gasteiger partial charge in [-0.15, -0.1) is 0 Å². The first-order chi connectivity index (χ1) is 15.0. The van der Waals surface area contributed by atoms with Gasteiger partial charge in [0.1, 0.15) is 11.2 Å². The SMILES string of the molecule is O=C1C2=C(c3ccccc31)C1(C(=O)c3ccccc3C1=O)C(c1ccc(F)cc1)C=C2. The fourth-order valence-corrected chi connectivity index (χ4v) is 5.33. The van der Waals surface area contributed by atoms with Crippen molar-refractivity contribution in [3.63, 3.8) is 0 Å². The fourth-order valence-electron chi connectivity index (χ4n) is 5.33. The molecule has 0 bridgehead atoms. The molecule has 0 saturated heterocycles. The topological polar surface area (TPSA) is 51.2 Å². The lowest BCUT2D eigenvalue weighted by Crippen LogP contribution is -2.42. The number of hydrogen-bond acceptors (Lipinski definition) is 3. The zero-order chi connectivity index (χ0) is 21.3. The monoisotopic (exact) mass is 406 g/mol. The van der Waals surface area contributed by atoms with Gasteiger partial charge in [-0.05, 0) is 28.8 Å². The van der Waals surface area contributed by atoms with Crippen LogP contribution in [0.1, 0.15) is 48.1 Å². The smallest absolute Gasteiger partial charge is 0.193 e. The molecule has 0 aliphatic heterocycles. The van der Waals surface area contributed by atoms with Crippen LogP contribution in [0.25, 0.3) is 5.57 Å². The van der Waals surface area contributed by atoms with E-state index >= 15 is 0 Å². The van der Waals surface area contributed by atoms with Crippen molar-refractivity contribution in [2.75, 3.05) is 0 Å². The summed E-state index contributed by atoms with van der Waals surface area (Å²) in [5.74, 6) is -1.87. The summed E-state index contributed by atoms with van der Waals surface area (Å²) in [4.78, 5) is 41.2. The minimum absolute atomic E-state index is 0.185. The molecule has 0 saturated carbocycles. The molecule has 1 unspecified atom stereocenters. The first-order valence-corrected chi connectivity index (χ1v) is 10.1. The van der Waals surface area contributed by atoms with Crippen LogP contribution < -0.4 is 0 Å². The highest BCUT2D eigenvalue weighted by molar-refractivity contribution is 6.40. The van der Waals surface area contributed by atoms with Crippen LogP contribution in [0, 0.1) is 11.2 Å². The number of hydrogen-bond donors (Lipinski definition) is 0. The molecule has 3 nitrogen and oxygen atoms in total. The molecule has 148 valence electrons. The van der Waals surface area contributed by atoms with Crippen molar-refractivity contribution in [2.24, 2.45) is 5.41 Å². The molecule has 0 N–H and O–H groups in total. The summed E-state index contributed by atoms with van der Waals surface area (Å²) in [5.41, 5.74) is 1.74. The average molecular weight is 406 g/mol. The minimum atomic E-state index is -1.59. The third-order valence-corrected chi connectivity index (χ3v) is 6.63. The lowest BCUT2D eigenvalue weighted by atomic mass is 9.60. The van der Waals surface area contributed by atoms with Crippen molar-refractivity contribution < 1.29 is 18.8 Å². The molecule has 3 aromatic rings. The van der Waals surface area contributed by atoms with Crippen molar-refractivity contribution in [3.8, 4) is 0 Å². The molecule has 1 atom stereocenters. The van der Waals surface area contributed by atoms with Gasteiger partial charge in [0, 0.05) is 28.2 Å². The Labute approximate surface area is 177 Å². The number of carbonyl (C=O) groups excluding carboxylic acids is 3. The first-order valence-electron chi connectivity index (χ1n) is 10.1. The minimum Gasteiger partial charge on any atom is -0.293 e. The van der Waals surface area contributed by atoms with Crippen LogP contribution in [0.3, 0.4) is 0 Å². The summed E-state index contributed by atoms with van der Waals surface area (Å²) in [6.45, 7) is 0. The fraction of sp³-hybridized carbons (Fsp3) is 0.0741. The average Bonchev–Trinajstić information content (AvgIpc) is 3.21. The van der Waals surface area contributed by atoms with E-state index in [4.69, 9.17) is 0 Å². The van der Waals surface area contributed by atoms with Gasteiger partial charge in [0.15, 0.2) is 17.3 Å². The number of Topliss-reactive ketones (excluding diaryl/α,β-unsaturated/α-hetero) is 3. The van der Waals surface area contributed by atoms with Crippen molar-refractivity contribution in [3.05, 3.63) is 124 Å². The third-order valence-electron chi connectivity index (χ3n) is 6.63. The van der Waals surface area contributed by atoms with Gasteiger partial charge in [-0.2, -0.15) is 0 Å². The normalized spacial score (nSPS) is 20.3. The Morgan fingerprint density at radius 3 is 1.84 bits per heavy atom. The predicted octanol–water partition coefficient (Wildman–Crippen LogP) is 5.19. The van der Waals surface area contributed by atoms with Crippen molar-refractivity contribution in [2.45, 2.75) is 5.92 Å². The number of halogens is 1. The van der Waals surface area contributed by atoms with E-state index in [0.29, 0.717) is 39.0 Å². The summed E-state index contributed by atoms with van der Waals surface area (Å²) in [7, 11) is 0. The summed E-state index contributed by atoms with van der Waals surface area (Å²) in [6, 6.07) is 19.7. The molecule has 3 aliphatic carbocycles. The quantitative estimate of drug-likeness (QED) is 0.522. The van der Waals surface area contributed by atoms with E-state index in [1.165, 1.54) is 12.1 Å². The summed E-state index contributed by atoms with van der Waals surface area (Å²) >= 11 is 0. The maximum atomic E-state index is 14.0. The highest BCUT2D eigenvalue weighted by Gasteiger charge is 2.62. The molecule has 31 heavy (non-hydrogen) atoms. The number of benzene rings is 3. The second-order valence-corrected chi connectivity index (χ2v) is 8.06. The Morgan fingerprint density at radius 1 is 0.677 bits per heavy atom. The van der Waals surface area contributed by atoms with E-state index < -0.39 is 17.2 Å². The summed E-state index contributed by atoms with van der Waals surface area (Å²) in [5, 5.41) is 0. The molecular formula is C27H15FO3. The molecular weight excluding hydrogens is 391 g/mol. The second kappa shape index (κ2) is 6.05. The molecule has 3 aliphatic rings. The molecule has 6 rings (SSSR count). The number of fused-ring (bicyclic) bond motifs is 4. The third kappa shape index (κ3) is 2.09. The van der Waals surface area contributed by atoms with Crippen LogP contribution in [-0.2, 0) is 0 Å². The Kier molecular flexibility index (Phi) is 3.49. The molecule has 0 heterocycles. The largest absolute Gasteiger partial charge is 0.293 e. The molecule has 0 amide bonds. The zero-order valence-electron chi connectivity index (χ0n) is 16.3. The van der Waals surface area contributed by atoms with Crippen LogP contribution in [-0.4, -0.2) is 17.3 Å². The van der Waals surface area contributed by atoms with Gasteiger partial charge in [-0.3, -0.25) is 14.4 Å². The number of rotatable bonds is 1. The molecule has 3 aromatic carbocycles. The van der Waals surface area contributed by atoms with Crippen LogP contribution in [0.4, 0.5) is 4.39 Å². The van der Waals surface area contributed by atoms with Crippen LogP contribution in [0.5, 0.6) is 0 Å². The van der Waals surface area contributed by atoms with Crippen molar-refractivity contribution in [1.82, 2.24) is 0 Å². The molecule has 0 fully saturated rings. The van der Waals surface area contributed by atoms with E-state index in [9.17, 15) is 18.8 Å². The second-order valence-electron chi connectivity index (χ2n) is 8.06. The Bertz CT molecular complexity index is 1360. The highest BCUT2D eigenvalue weighted by atomic mass is 19.1. The summed E-state index contributed by atoms with van der Waals surface area (Å²) < 4.78 is 13.6. The van der Waals surface area contributed by atoms with Crippen LogP contribution in [0.15, 0.2) is 90.5 Å². The van der Waals surface area contributed by atoms with Gasteiger partial charge < -0.3 is 0 Å². The Hall–Kier alpha value is -3.92. The lowest BCUT2D eigenvalue weighted by molar-refractivity contribution is 0.0753. The summed E-state index contributed by atoms with van der Waals surface area (Å²) in [6.07, 6.45) is 3.46. The molecule has 0 aromatic heterocycles. The van der Waals surface area contributed by atoms with Crippen molar-refractivity contribution in [1.29, 1.82) is 0 Å². The van der Waals surface area contributed by atoms with Crippen LogP contribution >= 0.6 is 0 Å². The van der Waals surface area contributed by atoms with Gasteiger partial charge in [-0.1, -0.05) is 72.8 Å². The number of allylic oxidation sites excluding steroid dienone is 4. The molecule has 0 radical (unpaired) electrons. The maximum Gasteiger partial charge on any atom is 0.193 e. The number of carbonyl (C=O) groups is 3. The van der Waals surface area contributed by atoms with Gasteiger partial charge in [0.2, 0.25) is 0 Å². The lowest BCUT2D eigenvalue weighted by Gasteiger charge is -2.38. The standard InChI is InChI=1S/C27H15FO3/c28-16-11-9-15(10-12-16)22-14-13-21-23(17-5-1-2-6-18(17)24(21)29)27(22)25(30)19-7-3-4-8-20(19)26(27)31/h1-14,22H. The number of ketones is 3. The zero-order valence-corrected chi connectivity index (χ0v) is 16.3. The van der Waals surface area contributed by atoms with Gasteiger partial charge in [-0.25, -0.2) is 4.39 Å². The molecule has 4 heteroatoms. The first kappa shape index (κ1) is 17.9. The van der Waals surface area contributed by atoms with E-state index in [1.807, 2.05) is 0 Å².